The van der Waals surface area contributed by atoms with Crippen LogP contribution >= 0.6 is 0 Å². The van der Waals surface area contributed by atoms with E-state index < -0.39 is 0 Å². The molecular formula is C7H8N2O. The fraction of sp³-hybridized carbons (Fsp3) is 0.429. The summed E-state index contributed by atoms with van der Waals surface area (Å²) in [6.07, 6.45) is 3.80. The van der Waals surface area contributed by atoms with Gasteiger partial charge in [-0.15, -0.1) is 0 Å². The number of hydrogen-bond donors (Lipinski definition) is 0. The molecule has 1 aromatic heterocycles. The summed E-state index contributed by atoms with van der Waals surface area (Å²) in [7, 11) is 0. The molecule has 1 fully saturated rings. The van der Waals surface area contributed by atoms with E-state index in [1.54, 1.807) is 0 Å². The van der Waals surface area contributed by atoms with Gasteiger partial charge in [0.15, 0.2) is 5.82 Å². The molecule has 1 aliphatic heterocycles. The summed E-state index contributed by atoms with van der Waals surface area (Å²) >= 11 is 0. The van der Waals surface area contributed by atoms with Crippen molar-refractivity contribution in [3.63, 3.8) is 0 Å². The second-order valence-corrected chi connectivity index (χ2v) is 2.44. The maximum Gasteiger partial charge on any atom is 0.159 e. The topological polar surface area (TPSA) is 38.3 Å². The van der Waals surface area contributed by atoms with Crippen LogP contribution in [0.2, 0.25) is 0 Å². The lowest BCUT2D eigenvalue weighted by Gasteiger charge is -1.92. The van der Waals surface area contributed by atoms with Crippen molar-refractivity contribution in [2.45, 2.75) is 13.0 Å². The predicted octanol–water partition coefficient (Wildman–Crippen LogP) is 0.856. The van der Waals surface area contributed by atoms with Crippen LogP contribution in [0.1, 0.15) is 17.5 Å². The second-order valence-electron chi connectivity index (χ2n) is 2.44. The third kappa shape index (κ3) is 0.998. The lowest BCUT2D eigenvalue weighted by molar-refractivity contribution is 0.406. The Labute approximate surface area is 59.1 Å². The molecule has 10 heavy (non-hydrogen) atoms. The van der Waals surface area contributed by atoms with Crippen LogP contribution in [0, 0.1) is 6.92 Å². The zero-order valence-electron chi connectivity index (χ0n) is 5.74. The van der Waals surface area contributed by atoms with Crippen molar-refractivity contribution in [3.05, 3.63) is 23.8 Å². The van der Waals surface area contributed by atoms with Gasteiger partial charge in [0.2, 0.25) is 0 Å². The van der Waals surface area contributed by atoms with Gasteiger partial charge in [-0.2, -0.15) is 0 Å². The van der Waals surface area contributed by atoms with Gasteiger partial charge in [-0.25, -0.2) is 9.97 Å². The second kappa shape index (κ2) is 2.02. The molecule has 0 unspecified atom stereocenters. The van der Waals surface area contributed by atoms with Crippen LogP contribution in [0.3, 0.4) is 0 Å². The van der Waals surface area contributed by atoms with E-state index >= 15 is 0 Å². The molecule has 0 radical (unpaired) electrons. The summed E-state index contributed by atoms with van der Waals surface area (Å²) in [6.45, 7) is 2.75. The molecule has 2 heterocycles. The van der Waals surface area contributed by atoms with Crippen LogP contribution in [0.25, 0.3) is 0 Å². The Kier molecular flexibility index (Phi) is 1.17. The Balaban J connectivity index is 2.28. The van der Waals surface area contributed by atoms with Crippen LogP contribution in [0.5, 0.6) is 0 Å². The predicted molar refractivity (Wildman–Crippen MR) is 35.5 cm³/mol. The summed E-state index contributed by atoms with van der Waals surface area (Å²) in [4.78, 5) is 8.21. The third-order valence-corrected chi connectivity index (χ3v) is 1.42. The first-order chi connectivity index (χ1) is 4.86. The molecule has 0 aromatic carbocycles. The SMILES string of the molecule is Cc1cnc([C@@H]2CO2)nc1. The van der Waals surface area contributed by atoms with Gasteiger partial charge in [0, 0.05) is 12.4 Å². The van der Waals surface area contributed by atoms with Crippen molar-refractivity contribution >= 4 is 0 Å². The van der Waals surface area contributed by atoms with Crippen LogP contribution in [-0.2, 0) is 4.74 Å². The van der Waals surface area contributed by atoms with Crippen LogP contribution in [0.4, 0.5) is 0 Å². The van der Waals surface area contributed by atoms with Gasteiger partial charge in [0.1, 0.15) is 6.10 Å². The number of nitrogens with zero attached hydrogens (tertiary/aromatic N) is 2. The summed E-state index contributed by atoms with van der Waals surface area (Å²) in [5.74, 6) is 0.811. The Hall–Kier alpha value is -0.960. The van der Waals surface area contributed by atoms with Crippen LogP contribution in [-0.4, -0.2) is 16.6 Å². The minimum atomic E-state index is 0.181. The zero-order chi connectivity index (χ0) is 6.97. The normalized spacial score (nSPS) is 22.7. The van der Waals surface area contributed by atoms with Crippen molar-refractivity contribution in [3.8, 4) is 0 Å². The fourth-order valence-electron chi connectivity index (χ4n) is 0.766. The molecule has 3 nitrogen and oxygen atoms in total. The molecule has 2 rings (SSSR count). The van der Waals surface area contributed by atoms with Gasteiger partial charge in [-0.05, 0) is 12.5 Å². The van der Waals surface area contributed by atoms with Crippen molar-refractivity contribution in [2.75, 3.05) is 6.61 Å². The Morgan fingerprint density at radius 1 is 1.50 bits per heavy atom. The van der Waals surface area contributed by atoms with Crippen LogP contribution in [0.15, 0.2) is 12.4 Å². The highest BCUT2D eigenvalue weighted by Crippen LogP contribution is 2.25. The van der Waals surface area contributed by atoms with Gasteiger partial charge in [-0.3, -0.25) is 0 Å². The average molecular weight is 136 g/mol. The van der Waals surface area contributed by atoms with E-state index in [4.69, 9.17) is 4.74 Å². The van der Waals surface area contributed by atoms with Crippen LogP contribution < -0.4 is 0 Å². The molecule has 0 saturated carbocycles. The highest BCUT2D eigenvalue weighted by atomic mass is 16.6. The zero-order valence-corrected chi connectivity index (χ0v) is 5.74. The number of rotatable bonds is 1. The first-order valence-electron chi connectivity index (χ1n) is 3.26. The van der Waals surface area contributed by atoms with E-state index in [2.05, 4.69) is 9.97 Å². The fourth-order valence-corrected chi connectivity index (χ4v) is 0.766. The van der Waals surface area contributed by atoms with Gasteiger partial charge in [-0.1, -0.05) is 0 Å². The van der Waals surface area contributed by atoms with Gasteiger partial charge < -0.3 is 4.74 Å². The lowest BCUT2D eigenvalue weighted by atomic mass is 10.4. The minimum absolute atomic E-state index is 0.181. The Bertz CT molecular complexity index is 228. The highest BCUT2D eigenvalue weighted by Gasteiger charge is 2.27. The van der Waals surface area contributed by atoms with E-state index in [9.17, 15) is 0 Å². The molecule has 52 valence electrons. The highest BCUT2D eigenvalue weighted by molar-refractivity contribution is 5.05. The molecule has 0 N–H and O–H groups in total. The summed E-state index contributed by atoms with van der Waals surface area (Å²) in [5.41, 5.74) is 1.09. The molecule has 0 amide bonds. The number of aromatic nitrogens is 2. The molecule has 0 bridgehead atoms. The van der Waals surface area contributed by atoms with E-state index in [1.807, 2.05) is 19.3 Å². The van der Waals surface area contributed by atoms with Crippen molar-refractivity contribution in [1.29, 1.82) is 0 Å². The number of aryl methyl sites for hydroxylation is 1. The van der Waals surface area contributed by atoms with E-state index in [-0.39, 0.29) is 6.10 Å². The summed E-state index contributed by atoms with van der Waals surface area (Å²) in [6, 6.07) is 0. The molecule has 0 spiro atoms. The van der Waals surface area contributed by atoms with Gasteiger partial charge in [0.05, 0.1) is 6.61 Å². The molecule has 3 heteroatoms. The average Bonchev–Trinajstić information content (AvgIpc) is 2.71. The van der Waals surface area contributed by atoms with E-state index in [1.165, 1.54) is 0 Å². The number of hydrogen-bond acceptors (Lipinski definition) is 3. The maximum atomic E-state index is 5.01. The smallest absolute Gasteiger partial charge is 0.159 e. The van der Waals surface area contributed by atoms with E-state index in [0.717, 1.165) is 18.0 Å². The molecule has 1 aromatic rings. The Morgan fingerprint density at radius 3 is 2.60 bits per heavy atom. The van der Waals surface area contributed by atoms with E-state index in [0.29, 0.717) is 0 Å². The first kappa shape index (κ1) is 5.80. The minimum Gasteiger partial charge on any atom is -0.365 e. The molecule has 1 saturated heterocycles. The largest absolute Gasteiger partial charge is 0.365 e. The van der Waals surface area contributed by atoms with Gasteiger partial charge in [0.25, 0.3) is 0 Å². The molecular weight excluding hydrogens is 128 g/mol. The monoisotopic (exact) mass is 136 g/mol. The Morgan fingerprint density at radius 2 is 2.10 bits per heavy atom. The quantitative estimate of drug-likeness (QED) is 0.537. The third-order valence-electron chi connectivity index (χ3n) is 1.42. The number of ether oxygens (including phenoxy) is 1. The first-order valence-corrected chi connectivity index (χ1v) is 3.26. The molecule has 1 atom stereocenters. The maximum absolute atomic E-state index is 5.01. The lowest BCUT2D eigenvalue weighted by Crippen LogP contribution is -1.91. The standard InChI is InChI=1S/C7H8N2O/c1-5-2-8-7(9-3-5)6-4-10-6/h2-3,6H,4H2,1H3/t6-/m0/s1. The van der Waals surface area contributed by atoms with Gasteiger partial charge >= 0.3 is 0 Å². The number of epoxide rings is 1. The summed E-state index contributed by atoms with van der Waals surface area (Å²) in [5, 5.41) is 0. The molecule has 0 aliphatic carbocycles. The van der Waals surface area contributed by atoms with Crippen molar-refractivity contribution < 1.29 is 4.74 Å². The molecule has 1 aliphatic rings. The van der Waals surface area contributed by atoms with Crippen molar-refractivity contribution in [1.82, 2.24) is 9.97 Å². The summed E-state index contributed by atoms with van der Waals surface area (Å²) < 4.78 is 5.01. The van der Waals surface area contributed by atoms with Crippen molar-refractivity contribution in [2.24, 2.45) is 0 Å².